The van der Waals surface area contributed by atoms with Gasteiger partial charge in [0.2, 0.25) is 0 Å². The predicted octanol–water partition coefficient (Wildman–Crippen LogP) is 3.22. The van der Waals surface area contributed by atoms with Crippen molar-refractivity contribution in [2.75, 3.05) is 11.5 Å². The Bertz CT molecular complexity index is 342. The van der Waals surface area contributed by atoms with Gasteiger partial charge in [-0.05, 0) is 48.8 Å². The second-order valence-corrected chi connectivity index (χ2v) is 3.86. The van der Waals surface area contributed by atoms with Crippen molar-refractivity contribution in [3.63, 3.8) is 0 Å². The summed E-state index contributed by atoms with van der Waals surface area (Å²) in [6, 6.07) is 4.02. The summed E-state index contributed by atoms with van der Waals surface area (Å²) in [5.74, 6) is 0.892. The summed E-state index contributed by atoms with van der Waals surface area (Å²) in [6.07, 6.45) is 5.29. The normalized spacial score (nSPS) is 11.1. The van der Waals surface area contributed by atoms with Crippen molar-refractivity contribution >= 4 is 24.4 Å². The zero-order valence-corrected chi connectivity index (χ0v) is 9.64. The molecule has 0 aliphatic carbocycles. The van der Waals surface area contributed by atoms with Gasteiger partial charge in [0, 0.05) is 5.69 Å². The van der Waals surface area contributed by atoms with Crippen LogP contribution in [0.4, 0.5) is 5.69 Å². The number of anilines is 1. The van der Waals surface area contributed by atoms with Crippen LogP contribution in [0.25, 0.3) is 6.08 Å². The zero-order valence-electron chi connectivity index (χ0n) is 8.75. The van der Waals surface area contributed by atoms with Gasteiger partial charge in [0.25, 0.3) is 0 Å². The van der Waals surface area contributed by atoms with Crippen LogP contribution in [0, 0.1) is 13.8 Å². The standard InChI is InChI=1S/C12H17NS/c1-9-10(2)12(13)7-6-11(9)5-3-4-8-14/h3,5-7,14H,4,8,13H2,1-2H3. The minimum atomic E-state index is 0.869. The number of nitrogen functional groups attached to an aromatic ring is 1. The zero-order chi connectivity index (χ0) is 10.6. The molecule has 2 N–H and O–H groups in total. The van der Waals surface area contributed by atoms with Gasteiger partial charge in [0.1, 0.15) is 0 Å². The van der Waals surface area contributed by atoms with E-state index in [4.69, 9.17) is 5.73 Å². The molecule has 0 heterocycles. The van der Waals surface area contributed by atoms with Gasteiger partial charge in [0.05, 0.1) is 0 Å². The molecular weight excluding hydrogens is 190 g/mol. The Hall–Kier alpha value is -0.890. The highest BCUT2D eigenvalue weighted by Crippen LogP contribution is 2.20. The van der Waals surface area contributed by atoms with Crippen molar-refractivity contribution in [3.8, 4) is 0 Å². The van der Waals surface area contributed by atoms with Gasteiger partial charge in [0.15, 0.2) is 0 Å². The lowest BCUT2D eigenvalue weighted by Crippen LogP contribution is -1.94. The quantitative estimate of drug-likeness (QED) is 0.577. The van der Waals surface area contributed by atoms with E-state index >= 15 is 0 Å². The first-order valence-corrected chi connectivity index (χ1v) is 5.43. The Morgan fingerprint density at radius 1 is 1.29 bits per heavy atom. The van der Waals surface area contributed by atoms with Gasteiger partial charge in [-0.1, -0.05) is 18.2 Å². The highest BCUT2D eigenvalue weighted by Gasteiger charge is 2.00. The first-order valence-electron chi connectivity index (χ1n) is 4.80. The fraction of sp³-hybridized carbons (Fsp3) is 0.333. The number of hydrogen-bond donors (Lipinski definition) is 2. The van der Waals surface area contributed by atoms with E-state index in [1.807, 2.05) is 6.07 Å². The molecular formula is C12H17NS. The first kappa shape index (κ1) is 11.2. The van der Waals surface area contributed by atoms with Crippen LogP contribution >= 0.6 is 12.6 Å². The highest BCUT2D eigenvalue weighted by molar-refractivity contribution is 7.80. The Balaban J connectivity index is 2.94. The maximum absolute atomic E-state index is 5.81. The van der Waals surface area contributed by atoms with Crippen LogP contribution in [0.5, 0.6) is 0 Å². The van der Waals surface area contributed by atoms with E-state index in [9.17, 15) is 0 Å². The lowest BCUT2D eigenvalue weighted by atomic mass is 10.0. The summed E-state index contributed by atoms with van der Waals surface area (Å²) in [4.78, 5) is 0. The van der Waals surface area contributed by atoms with E-state index in [1.165, 1.54) is 16.7 Å². The molecule has 0 atom stereocenters. The summed E-state index contributed by atoms with van der Waals surface area (Å²) in [6.45, 7) is 4.16. The second-order valence-electron chi connectivity index (χ2n) is 3.41. The van der Waals surface area contributed by atoms with Crippen LogP contribution in [-0.4, -0.2) is 5.75 Å². The molecule has 0 saturated carbocycles. The van der Waals surface area contributed by atoms with Crippen molar-refractivity contribution in [1.82, 2.24) is 0 Å². The van der Waals surface area contributed by atoms with Crippen molar-refractivity contribution in [1.29, 1.82) is 0 Å². The Morgan fingerprint density at radius 2 is 2.00 bits per heavy atom. The minimum Gasteiger partial charge on any atom is -0.399 e. The van der Waals surface area contributed by atoms with E-state index in [2.05, 4.69) is 44.7 Å². The maximum Gasteiger partial charge on any atom is 0.0346 e. The van der Waals surface area contributed by atoms with Gasteiger partial charge in [-0.2, -0.15) is 12.6 Å². The smallest absolute Gasteiger partial charge is 0.0346 e. The molecule has 0 bridgehead atoms. The second kappa shape index (κ2) is 5.11. The van der Waals surface area contributed by atoms with Gasteiger partial charge >= 0.3 is 0 Å². The molecule has 0 spiro atoms. The topological polar surface area (TPSA) is 26.0 Å². The van der Waals surface area contributed by atoms with Crippen LogP contribution in [0.3, 0.4) is 0 Å². The van der Waals surface area contributed by atoms with Crippen LogP contribution in [0.2, 0.25) is 0 Å². The monoisotopic (exact) mass is 207 g/mol. The molecule has 0 saturated heterocycles. The molecule has 1 nitrogen and oxygen atoms in total. The fourth-order valence-electron chi connectivity index (χ4n) is 1.33. The number of thiol groups is 1. The third kappa shape index (κ3) is 2.55. The Kier molecular flexibility index (Phi) is 4.08. The molecule has 0 unspecified atom stereocenters. The summed E-state index contributed by atoms with van der Waals surface area (Å²) in [5, 5.41) is 0. The molecule has 1 aromatic carbocycles. The van der Waals surface area contributed by atoms with Crippen molar-refractivity contribution in [3.05, 3.63) is 34.9 Å². The van der Waals surface area contributed by atoms with E-state index in [0.29, 0.717) is 0 Å². The van der Waals surface area contributed by atoms with Crippen LogP contribution in [0.1, 0.15) is 23.1 Å². The van der Waals surface area contributed by atoms with Gasteiger partial charge in [-0.25, -0.2) is 0 Å². The van der Waals surface area contributed by atoms with Crippen molar-refractivity contribution in [2.24, 2.45) is 0 Å². The molecule has 1 rings (SSSR count). The molecule has 0 aliphatic rings. The number of nitrogens with two attached hydrogens (primary N) is 1. The van der Waals surface area contributed by atoms with E-state index in [0.717, 1.165) is 17.9 Å². The van der Waals surface area contributed by atoms with Crippen LogP contribution in [0.15, 0.2) is 18.2 Å². The first-order chi connectivity index (χ1) is 6.66. The molecule has 1 aromatic rings. The third-order valence-corrected chi connectivity index (χ3v) is 2.72. The van der Waals surface area contributed by atoms with Gasteiger partial charge in [-0.3, -0.25) is 0 Å². The average molecular weight is 207 g/mol. The molecule has 0 amide bonds. The predicted molar refractivity (Wildman–Crippen MR) is 67.8 cm³/mol. The van der Waals surface area contributed by atoms with E-state index < -0.39 is 0 Å². The van der Waals surface area contributed by atoms with Crippen LogP contribution in [-0.2, 0) is 0 Å². The SMILES string of the molecule is Cc1c(N)ccc(C=CCCS)c1C. The minimum absolute atomic E-state index is 0.869. The van der Waals surface area contributed by atoms with E-state index in [-0.39, 0.29) is 0 Å². The molecule has 76 valence electrons. The summed E-state index contributed by atoms with van der Waals surface area (Å²) >= 11 is 4.16. The molecule has 0 fully saturated rings. The van der Waals surface area contributed by atoms with Crippen molar-refractivity contribution < 1.29 is 0 Å². The average Bonchev–Trinajstić information content (AvgIpc) is 2.18. The van der Waals surface area contributed by atoms with Gasteiger partial charge in [-0.15, -0.1) is 0 Å². The Labute approximate surface area is 91.4 Å². The Morgan fingerprint density at radius 3 is 2.64 bits per heavy atom. The van der Waals surface area contributed by atoms with Gasteiger partial charge < -0.3 is 5.73 Å². The summed E-state index contributed by atoms with van der Waals surface area (Å²) in [5.41, 5.74) is 10.4. The molecule has 2 heteroatoms. The number of allylic oxidation sites excluding steroid dienone is 1. The number of hydrogen-bond acceptors (Lipinski definition) is 2. The van der Waals surface area contributed by atoms with Crippen LogP contribution < -0.4 is 5.73 Å². The lowest BCUT2D eigenvalue weighted by molar-refractivity contribution is 1.26. The lowest BCUT2D eigenvalue weighted by Gasteiger charge is -2.07. The van der Waals surface area contributed by atoms with Crippen molar-refractivity contribution in [2.45, 2.75) is 20.3 Å². The summed E-state index contributed by atoms with van der Waals surface area (Å²) in [7, 11) is 0. The maximum atomic E-state index is 5.81. The molecule has 0 aromatic heterocycles. The van der Waals surface area contributed by atoms with E-state index in [1.54, 1.807) is 0 Å². The largest absolute Gasteiger partial charge is 0.399 e. The number of rotatable bonds is 3. The number of benzene rings is 1. The molecule has 0 radical (unpaired) electrons. The molecule has 0 aliphatic heterocycles. The molecule has 14 heavy (non-hydrogen) atoms. The fourth-order valence-corrected chi connectivity index (χ4v) is 1.48. The third-order valence-electron chi connectivity index (χ3n) is 2.46. The summed E-state index contributed by atoms with van der Waals surface area (Å²) < 4.78 is 0. The highest BCUT2D eigenvalue weighted by atomic mass is 32.1.